The maximum Gasteiger partial charge on any atom is 0.170 e. The summed E-state index contributed by atoms with van der Waals surface area (Å²) >= 11 is 5.39. The number of rotatable bonds is 6. The van der Waals surface area contributed by atoms with Crippen molar-refractivity contribution in [1.82, 2.24) is 5.32 Å². The van der Waals surface area contributed by atoms with Crippen molar-refractivity contribution in [3.8, 4) is 5.75 Å². The summed E-state index contributed by atoms with van der Waals surface area (Å²) in [6, 6.07) is 14.5. The number of anilines is 1. The lowest BCUT2D eigenvalue weighted by Crippen LogP contribution is -2.30. The van der Waals surface area contributed by atoms with Crippen LogP contribution in [0.4, 0.5) is 5.69 Å². The quantitative estimate of drug-likeness (QED) is 0.782. The van der Waals surface area contributed by atoms with Gasteiger partial charge in [0.2, 0.25) is 0 Å². The van der Waals surface area contributed by atoms with Crippen LogP contribution in [0.15, 0.2) is 42.5 Å². The van der Waals surface area contributed by atoms with Crippen molar-refractivity contribution in [2.75, 3.05) is 19.0 Å². The molecular formula is C19H24N2OS. The third-order valence-corrected chi connectivity index (χ3v) is 4.01. The SMILES string of the molecule is CCc1ccccc1NC(=S)NCCc1cc(C)ccc1OC. The van der Waals surface area contributed by atoms with E-state index >= 15 is 0 Å². The first-order valence-electron chi connectivity index (χ1n) is 7.90. The second-order valence-electron chi connectivity index (χ2n) is 5.46. The molecule has 0 aliphatic carbocycles. The number of benzene rings is 2. The summed E-state index contributed by atoms with van der Waals surface area (Å²) in [6.07, 6.45) is 1.84. The van der Waals surface area contributed by atoms with Gasteiger partial charge in [-0.25, -0.2) is 0 Å². The third kappa shape index (κ3) is 4.96. The Kier molecular flexibility index (Phi) is 6.41. The fraction of sp³-hybridized carbons (Fsp3) is 0.316. The number of ether oxygens (including phenoxy) is 1. The molecule has 2 aromatic carbocycles. The number of methoxy groups -OCH3 is 1. The number of aryl methyl sites for hydroxylation is 2. The van der Waals surface area contributed by atoms with Gasteiger partial charge in [-0.3, -0.25) is 0 Å². The van der Waals surface area contributed by atoms with Gasteiger partial charge in [-0.1, -0.05) is 42.8 Å². The fourth-order valence-corrected chi connectivity index (χ4v) is 2.74. The number of hydrogen-bond donors (Lipinski definition) is 2. The second kappa shape index (κ2) is 8.53. The van der Waals surface area contributed by atoms with E-state index in [1.54, 1.807) is 7.11 Å². The zero-order valence-electron chi connectivity index (χ0n) is 14.0. The lowest BCUT2D eigenvalue weighted by atomic mass is 10.1. The molecular weight excluding hydrogens is 304 g/mol. The highest BCUT2D eigenvalue weighted by atomic mass is 32.1. The summed E-state index contributed by atoms with van der Waals surface area (Å²) < 4.78 is 5.41. The smallest absolute Gasteiger partial charge is 0.170 e. The summed E-state index contributed by atoms with van der Waals surface area (Å²) in [7, 11) is 1.70. The number of nitrogens with one attached hydrogen (secondary N) is 2. The normalized spacial score (nSPS) is 10.2. The first-order valence-corrected chi connectivity index (χ1v) is 8.31. The minimum atomic E-state index is 0.650. The molecule has 0 aliphatic rings. The van der Waals surface area contributed by atoms with Crippen LogP contribution in [0.3, 0.4) is 0 Å². The van der Waals surface area contributed by atoms with E-state index in [1.165, 1.54) is 16.7 Å². The van der Waals surface area contributed by atoms with E-state index in [0.717, 1.165) is 30.8 Å². The Hall–Kier alpha value is -2.07. The molecule has 0 bridgehead atoms. The molecule has 0 heterocycles. The van der Waals surface area contributed by atoms with Gasteiger partial charge in [0, 0.05) is 12.2 Å². The lowest BCUT2D eigenvalue weighted by Gasteiger charge is -2.14. The Balaban J connectivity index is 1.89. The van der Waals surface area contributed by atoms with E-state index in [-0.39, 0.29) is 0 Å². The molecule has 3 nitrogen and oxygen atoms in total. The van der Waals surface area contributed by atoms with Crippen LogP contribution in [0.2, 0.25) is 0 Å². The third-order valence-electron chi connectivity index (χ3n) is 3.76. The molecule has 0 spiro atoms. The van der Waals surface area contributed by atoms with Crippen LogP contribution in [0, 0.1) is 6.92 Å². The highest BCUT2D eigenvalue weighted by Gasteiger charge is 2.05. The Labute approximate surface area is 144 Å². The largest absolute Gasteiger partial charge is 0.496 e. The Morgan fingerprint density at radius 1 is 1.13 bits per heavy atom. The molecule has 2 aromatic rings. The van der Waals surface area contributed by atoms with Crippen molar-refractivity contribution < 1.29 is 4.74 Å². The van der Waals surface area contributed by atoms with Crippen molar-refractivity contribution in [3.05, 3.63) is 59.2 Å². The van der Waals surface area contributed by atoms with Crippen molar-refractivity contribution in [1.29, 1.82) is 0 Å². The van der Waals surface area contributed by atoms with Gasteiger partial charge in [0.1, 0.15) is 5.75 Å². The Morgan fingerprint density at radius 2 is 1.91 bits per heavy atom. The molecule has 0 aliphatic heterocycles. The van der Waals surface area contributed by atoms with E-state index in [9.17, 15) is 0 Å². The van der Waals surface area contributed by atoms with Crippen LogP contribution < -0.4 is 15.4 Å². The molecule has 2 rings (SSSR count). The van der Waals surface area contributed by atoms with Gasteiger partial charge >= 0.3 is 0 Å². The van der Waals surface area contributed by atoms with Crippen LogP contribution in [-0.4, -0.2) is 18.8 Å². The molecule has 0 fully saturated rings. The van der Waals surface area contributed by atoms with E-state index in [0.29, 0.717) is 5.11 Å². The first-order chi connectivity index (χ1) is 11.1. The zero-order valence-corrected chi connectivity index (χ0v) is 14.8. The predicted octanol–water partition coefficient (Wildman–Crippen LogP) is 4.10. The van der Waals surface area contributed by atoms with Crippen LogP contribution in [-0.2, 0) is 12.8 Å². The maximum atomic E-state index is 5.41. The van der Waals surface area contributed by atoms with Gasteiger partial charge in [-0.2, -0.15) is 0 Å². The number of thiocarbonyl (C=S) groups is 1. The fourth-order valence-electron chi connectivity index (χ4n) is 2.53. The molecule has 0 saturated carbocycles. The monoisotopic (exact) mass is 328 g/mol. The summed E-state index contributed by atoms with van der Waals surface area (Å²) in [4.78, 5) is 0. The van der Waals surface area contributed by atoms with E-state index < -0.39 is 0 Å². The van der Waals surface area contributed by atoms with Gasteiger partial charge in [-0.15, -0.1) is 0 Å². The zero-order chi connectivity index (χ0) is 16.7. The van der Waals surface area contributed by atoms with Crippen molar-refractivity contribution in [2.45, 2.75) is 26.7 Å². The molecule has 122 valence electrons. The van der Waals surface area contributed by atoms with E-state index in [1.807, 2.05) is 18.2 Å². The molecule has 0 unspecified atom stereocenters. The van der Waals surface area contributed by atoms with Gasteiger partial charge in [0.15, 0.2) is 5.11 Å². The standard InChI is InChI=1S/C19H24N2OS/c1-4-15-7-5-6-8-17(15)21-19(23)20-12-11-16-13-14(2)9-10-18(16)22-3/h5-10,13H,4,11-12H2,1-3H3,(H2,20,21,23). The van der Waals surface area contributed by atoms with Crippen LogP contribution in [0.1, 0.15) is 23.6 Å². The van der Waals surface area contributed by atoms with E-state index in [2.05, 4.69) is 48.7 Å². The maximum absolute atomic E-state index is 5.41. The number of para-hydroxylation sites is 1. The molecule has 0 aromatic heterocycles. The minimum absolute atomic E-state index is 0.650. The molecule has 4 heteroatoms. The Morgan fingerprint density at radius 3 is 2.65 bits per heavy atom. The average Bonchev–Trinajstić information content (AvgIpc) is 2.55. The topological polar surface area (TPSA) is 33.3 Å². The van der Waals surface area contributed by atoms with Crippen LogP contribution in [0.25, 0.3) is 0 Å². The molecule has 0 atom stereocenters. The second-order valence-corrected chi connectivity index (χ2v) is 5.87. The van der Waals surface area contributed by atoms with Crippen molar-refractivity contribution >= 4 is 23.0 Å². The molecule has 0 amide bonds. The molecule has 0 radical (unpaired) electrons. The Bertz CT molecular complexity index is 670. The number of hydrogen-bond acceptors (Lipinski definition) is 2. The highest BCUT2D eigenvalue weighted by Crippen LogP contribution is 2.20. The highest BCUT2D eigenvalue weighted by molar-refractivity contribution is 7.80. The first kappa shape index (κ1) is 17.3. The minimum Gasteiger partial charge on any atom is -0.496 e. The summed E-state index contributed by atoms with van der Waals surface area (Å²) in [5, 5.41) is 7.19. The lowest BCUT2D eigenvalue weighted by molar-refractivity contribution is 0.409. The molecule has 2 N–H and O–H groups in total. The summed E-state index contributed by atoms with van der Waals surface area (Å²) in [6.45, 7) is 4.99. The molecule has 23 heavy (non-hydrogen) atoms. The van der Waals surface area contributed by atoms with Gasteiger partial charge in [0.25, 0.3) is 0 Å². The summed E-state index contributed by atoms with van der Waals surface area (Å²) in [5.74, 6) is 0.924. The van der Waals surface area contributed by atoms with Crippen molar-refractivity contribution in [2.24, 2.45) is 0 Å². The predicted molar refractivity (Wildman–Crippen MR) is 101 cm³/mol. The average molecular weight is 328 g/mol. The van der Waals surface area contributed by atoms with Crippen LogP contribution in [0.5, 0.6) is 5.75 Å². The van der Waals surface area contributed by atoms with E-state index in [4.69, 9.17) is 17.0 Å². The van der Waals surface area contributed by atoms with Crippen LogP contribution >= 0.6 is 12.2 Å². The molecule has 0 saturated heterocycles. The summed E-state index contributed by atoms with van der Waals surface area (Å²) in [5.41, 5.74) is 4.76. The van der Waals surface area contributed by atoms with Gasteiger partial charge in [-0.05, 0) is 55.2 Å². The van der Waals surface area contributed by atoms with Gasteiger partial charge in [0.05, 0.1) is 7.11 Å². The van der Waals surface area contributed by atoms with Crippen molar-refractivity contribution in [3.63, 3.8) is 0 Å². The van der Waals surface area contributed by atoms with Gasteiger partial charge < -0.3 is 15.4 Å².